The summed E-state index contributed by atoms with van der Waals surface area (Å²) in [6.07, 6.45) is 1.20. The van der Waals surface area contributed by atoms with Crippen molar-refractivity contribution in [3.63, 3.8) is 0 Å². The highest BCUT2D eigenvalue weighted by molar-refractivity contribution is 5.79. The molecule has 30 heavy (non-hydrogen) atoms. The van der Waals surface area contributed by atoms with E-state index in [1.165, 1.54) is 18.6 Å². The summed E-state index contributed by atoms with van der Waals surface area (Å²) < 4.78 is 13.1. The Morgan fingerprint density at radius 1 is 1.00 bits per heavy atom. The molecule has 0 aromatic heterocycles. The first-order valence-electron chi connectivity index (χ1n) is 11.1. The molecular formula is C23H35FN4O2. The third-order valence-electron chi connectivity index (χ3n) is 6.16. The molecule has 2 fully saturated rings. The summed E-state index contributed by atoms with van der Waals surface area (Å²) in [5.74, 6) is 1.06. The van der Waals surface area contributed by atoms with E-state index in [1.54, 1.807) is 12.1 Å². The van der Waals surface area contributed by atoms with E-state index in [0.717, 1.165) is 44.8 Å². The number of hydrogen-bond donors (Lipinski definition) is 1. The van der Waals surface area contributed by atoms with Gasteiger partial charge in [0, 0.05) is 39.3 Å². The molecule has 3 rings (SSSR count). The molecule has 1 aromatic rings. The lowest BCUT2D eigenvalue weighted by Crippen LogP contribution is -2.53. The summed E-state index contributed by atoms with van der Waals surface area (Å²) >= 11 is 0. The molecular weight excluding hydrogens is 383 g/mol. The molecule has 2 saturated heterocycles. The second-order valence-corrected chi connectivity index (χ2v) is 9.14. The van der Waals surface area contributed by atoms with Crippen LogP contribution in [0.2, 0.25) is 0 Å². The molecule has 3 atom stereocenters. The van der Waals surface area contributed by atoms with Crippen LogP contribution in [0.4, 0.5) is 4.39 Å². The molecule has 2 heterocycles. The Morgan fingerprint density at radius 2 is 1.53 bits per heavy atom. The number of rotatable bonds is 6. The molecule has 166 valence electrons. The molecule has 7 heteroatoms. The van der Waals surface area contributed by atoms with Gasteiger partial charge < -0.3 is 10.2 Å². The van der Waals surface area contributed by atoms with Crippen molar-refractivity contribution in [2.45, 2.75) is 33.2 Å². The summed E-state index contributed by atoms with van der Waals surface area (Å²) in [6.45, 7) is 12.0. The van der Waals surface area contributed by atoms with Gasteiger partial charge in [0.05, 0.1) is 19.1 Å². The van der Waals surface area contributed by atoms with Crippen molar-refractivity contribution in [3.8, 4) is 0 Å². The zero-order valence-electron chi connectivity index (χ0n) is 18.4. The topological polar surface area (TPSA) is 55.9 Å². The molecule has 0 aliphatic carbocycles. The third-order valence-corrected chi connectivity index (χ3v) is 6.16. The van der Waals surface area contributed by atoms with Gasteiger partial charge in [0.15, 0.2) is 0 Å². The van der Waals surface area contributed by atoms with Crippen molar-refractivity contribution in [1.29, 1.82) is 0 Å². The fourth-order valence-electron chi connectivity index (χ4n) is 4.59. The maximum absolute atomic E-state index is 13.1. The number of benzene rings is 1. The van der Waals surface area contributed by atoms with Crippen LogP contribution in [-0.2, 0) is 9.59 Å². The lowest BCUT2D eigenvalue weighted by molar-refractivity contribution is -0.135. The standard InChI is InChI=1S/C23H35FN4O2/c1-17-12-18(2)14-28(13-17)23(30)16-27-10-8-26(9-11-27)15-22(29)25-19(3)20-4-6-21(24)7-5-20/h4-7,17-19H,8-16H2,1-3H3,(H,25,29). The number of nitrogens with zero attached hydrogens (tertiary/aromatic N) is 3. The molecule has 2 amide bonds. The van der Waals surface area contributed by atoms with Crippen LogP contribution in [0.1, 0.15) is 38.8 Å². The van der Waals surface area contributed by atoms with Gasteiger partial charge in [-0.2, -0.15) is 0 Å². The van der Waals surface area contributed by atoms with Gasteiger partial charge in [-0.05, 0) is 42.9 Å². The minimum atomic E-state index is -0.280. The van der Waals surface area contributed by atoms with Crippen molar-refractivity contribution in [2.75, 3.05) is 52.4 Å². The quantitative estimate of drug-likeness (QED) is 0.769. The summed E-state index contributed by atoms with van der Waals surface area (Å²) in [5.41, 5.74) is 0.884. The van der Waals surface area contributed by atoms with Crippen LogP contribution in [0.3, 0.4) is 0 Å². The minimum Gasteiger partial charge on any atom is -0.348 e. The lowest BCUT2D eigenvalue weighted by atomic mass is 9.92. The molecule has 6 nitrogen and oxygen atoms in total. The van der Waals surface area contributed by atoms with Gasteiger partial charge in [-0.1, -0.05) is 26.0 Å². The van der Waals surface area contributed by atoms with Gasteiger partial charge in [-0.25, -0.2) is 4.39 Å². The number of piperidine rings is 1. The number of hydrogen-bond acceptors (Lipinski definition) is 4. The molecule has 2 aliphatic heterocycles. The zero-order valence-corrected chi connectivity index (χ0v) is 18.4. The summed E-state index contributed by atoms with van der Waals surface area (Å²) in [4.78, 5) is 31.4. The monoisotopic (exact) mass is 418 g/mol. The first-order valence-corrected chi connectivity index (χ1v) is 11.1. The van der Waals surface area contributed by atoms with Crippen molar-refractivity contribution in [1.82, 2.24) is 20.0 Å². The van der Waals surface area contributed by atoms with E-state index < -0.39 is 0 Å². The van der Waals surface area contributed by atoms with Crippen LogP contribution < -0.4 is 5.32 Å². The van der Waals surface area contributed by atoms with Crippen LogP contribution in [0.25, 0.3) is 0 Å². The van der Waals surface area contributed by atoms with Gasteiger partial charge in [-0.15, -0.1) is 0 Å². The number of piperazine rings is 1. The third kappa shape index (κ3) is 6.51. The van der Waals surface area contributed by atoms with Crippen molar-refractivity contribution in [2.24, 2.45) is 11.8 Å². The van der Waals surface area contributed by atoms with Gasteiger partial charge in [0.2, 0.25) is 11.8 Å². The second kappa shape index (κ2) is 10.4. The molecule has 0 spiro atoms. The fourth-order valence-corrected chi connectivity index (χ4v) is 4.59. The molecule has 3 unspecified atom stereocenters. The Hall–Kier alpha value is -1.99. The predicted molar refractivity (Wildman–Crippen MR) is 115 cm³/mol. The number of amides is 2. The highest BCUT2D eigenvalue weighted by Crippen LogP contribution is 2.21. The van der Waals surface area contributed by atoms with Crippen molar-refractivity contribution >= 4 is 11.8 Å². The van der Waals surface area contributed by atoms with Crippen molar-refractivity contribution in [3.05, 3.63) is 35.6 Å². The number of halogens is 1. The van der Waals surface area contributed by atoms with E-state index in [2.05, 4.69) is 29.0 Å². The smallest absolute Gasteiger partial charge is 0.236 e. The van der Waals surface area contributed by atoms with E-state index in [-0.39, 0.29) is 23.7 Å². The van der Waals surface area contributed by atoms with E-state index in [1.807, 2.05) is 11.8 Å². The number of carbonyl (C=O) groups excluding carboxylic acids is 2. The molecule has 1 aromatic carbocycles. The number of carbonyl (C=O) groups is 2. The van der Waals surface area contributed by atoms with E-state index in [0.29, 0.717) is 24.9 Å². The number of nitrogens with one attached hydrogen (secondary N) is 1. The normalized spacial score (nSPS) is 24.5. The van der Waals surface area contributed by atoms with Crippen LogP contribution in [0.15, 0.2) is 24.3 Å². The summed E-state index contributed by atoms with van der Waals surface area (Å²) in [5, 5.41) is 2.98. The second-order valence-electron chi connectivity index (χ2n) is 9.14. The highest BCUT2D eigenvalue weighted by atomic mass is 19.1. The van der Waals surface area contributed by atoms with Gasteiger partial charge in [0.25, 0.3) is 0 Å². The van der Waals surface area contributed by atoms with E-state index >= 15 is 0 Å². The average molecular weight is 419 g/mol. The predicted octanol–water partition coefficient (Wildman–Crippen LogP) is 2.12. The molecule has 0 saturated carbocycles. The lowest BCUT2D eigenvalue weighted by Gasteiger charge is -2.38. The Bertz CT molecular complexity index is 708. The molecule has 0 bridgehead atoms. The molecule has 2 aliphatic rings. The average Bonchev–Trinajstić information content (AvgIpc) is 2.69. The van der Waals surface area contributed by atoms with Crippen LogP contribution in [0, 0.1) is 17.7 Å². The molecule has 0 radical (unpaired) electrons. The largest absolute Gasteiger partial charge is 0.348 e. The van der Waals surface area contributed by atoms with Crippen LogP contribution >= 0.6 is 0 Å². The van der Waals surface area contributed by atoms with Crippen molar-refractivity contribution < 1.29 is 14.0 Å². The van der Waals surface area contributed by atoms with Crippen LogP contribution in [-0.4, -0.2) is 78.9 Å². The maximum Gasteiger partial charge on any atom is 0.236 e. The minimum absolute atomic E-state index is 0.0346. The maximum atomic E-state index is 13.1. The first-order chi connectivity index (χ1) is 14.3. The Morgan fingerprint density at radius 3 is 2.10 bits per heavy atom. The Kier molecular flexibility index (Phi) is 7.83. The Balaban J connectivity index is 1.38. The van der Waals surface area contributed by atoms with E-state index in [4.69, 9.17) is 0 Å². The summed E-state index contributed by atoms with van der Waals surface area (Å²) in [7, 11) is 0. The van der Waals surface area contributed by atoms with Crippen LogP contribution in [0.5, 0.6) is 0 Å². The fraction of sp³-hybridized carbons (Fsp3) is 0.652. The first kappa shape index (κ1) is 22.7. The Labute approximate surface area is 179 Å². The van der Waals surface area contributed by atoms with Gasteiger partial charge in [-0.3, -0.25) is 19.4 Å². The molecule has 1 N–H and O–H groups in total. The zero-order chi connectivity index (χ0) is 21.7. The van der Waals surface area contributed by atoms with E-state index in [9.17, 15) is 14.0 Å². The SMILES string of the molecule is CC1CC(C)CN(C(=O)CN2CCN(CC(=O)NC(C)c3ccc(F)cc3)CC2)C1. The van der Waals surface area contributed by atoms with Gasteiger partial charge >= 0.3 is 0 Å². The number of likely N-dealkylation sites (tertiary alicyclic amines) is 1. The summed E-state index contributed by atoms with van der Waals surface area (Å²) in [6, 6.07) is 6.04. The highest BCUT2D eigenvalue weighted by Gasteiger charge is 2.27. The van der Waals surface area contributed by atoms with Gasteiger partial charge in [0.1, 0.15) is 5.82 Å².